The van der Waals surface area contributed by atoms with Crippen molar-refractivity contribution in [2.45, 2.75) is 46.1 Å². The normalized spacial score (nSPS) is 12.7. The van der Waals surface area contributed by atoms with E-state index in [-0.39, 0.29) is 17.9 Å². The maximum absolute atomic E-state index is 13.2. The second-order valence-electron chi connectivity index (χ2n) is 10.2. The number of hydrogen-bond donors (Lipinski definition) is 2. The van der Waals surface area contributed by atoms with Crippen molar-refractivity contribution >= 4 is 22.6 Å². The van der Waals surface area contributed by atoms with Gasteiger partial charge in [0.15, 0.2) is 5.82 Å². The van der Waals surface area contributed by atoms with Crippen molar-refractivity contribution in [3.8, 4) is 22.5 Å². The van der Waals surface area contributed by atoms with Crippen molar-refractivity contribution in [1.82, 2.24) is 20.8 Å². The van der Waals surface area contributed by atoms with E-state index in [4.69, 9.17) is 8.94 Å². The molecule has 1 amide bonds. The van der Waals surface area contributed by atoms with Gasteiger partial charge in [-0.25, -0.2) is 0 Å². The predicted molar refractivity (Wildman–Crippen MR) is 159 cm³/mol. The maximum atomic E-state index is 13.2. The summed E-state index contributed by atoms with van der Waals surface area (Å²) < 4.78 is 11.4. The maximum Gasteiger partial charge on any atom is 0.251 e. The summed E-state index contributed by atoms with van der Waals surface area (Å²) in [5.74, 6) is 1.28. The molecule has 2 unspecified atom stereocenters. The van der Waals surface area contributed by atoms with Gasteiger partial charge in [-0.3, -0.25) is 4.79 Å². The fourth-order valence-electron chi connectivity index (χ4n) is 4.91. The Morgan fingerprint density at radius 2 is 1.82 bits per heavy atom. The van der Waals surface area contributed by atoms with E-state index < -0.39 is 0 Å². The van der Waals surface area contributed by atoms with Gasteiger partial charge in [0.05, 0.1) is 11.6 Å². The topological polar surface area (TPSA) is 93.2 Å². The first-order valence-corrected chi connectivity index (χ1v) is 13.5. The quantitative estimate of drug-likeness (QED) is 0.202. The van der Waals surface area contributed by atoms with E-state index in [1.165, 1.54) is 17.5 Å². The number of carbonyl (C=O) groups is 1. The smallest absolute Gasteiger partial charge is 0.251 e. The van der Waals surface area contributed by atoms with Gasteiger partial charge in [-0.05, 0) is 67.1 Å². The van der Waals surface area contributed by atoms with Gasteiger partial charge in [0.2, 0.25) is 6.39 Å². The summed E-state index contributed by atoms with van der Waals surface area (Å²) in [6.45, 7) is 12.6. The van der Waals surface area contributed by atoms with Crippen LogP contribution in [0.1, 0.15) is 72.0 Å². The lowest BCUT2D eigenvalue weighted by atomic mass is 9.87. The highest BCUT2D eigenvalue weighted by atomic mass is 16.5. The molecule has 7 heteroatoms. The first-order chi connectivity index (χ1) is 19.3. The summed E-state index contributed by atoms with van der Waals surface area (Å²) in [5, 5.41) is 11.0. The molecule has 2 heterocycles. The molecule has 0 radical (unpaired) electrons. The molecule has 0 aliphatic rings. The SMILES string of the molecule is C=C(NC)c1c(-c2ccc(C)cc2)oc2cc(C(C)CC)c(-c3cccc(C(=O)NC(C)c4ncon4)c3)cc12. The van der Waals surface area contributed by atoms with Crippen molar-refractivity contribution < 1.29 is 13.7 Å². The molecular weight excluding hydrogens is 500 g/mol. The third kappa shape index (κ3) is 5.15. The number of rotatable bonds is 9. The number of aryl methyl sites for hydroxylation is 1. The summed E-state index contributed by atoms with van der Waals surface area (Å²) in [7, 11) is 1.87. The number of hydrogen-bond acceptors (Lipinski definition) is 6. The lowest BCUT2D eigenvalue weighted by Gasteiger charge is -2.17. The highest BCUT2D eigenvalue weighted by Crippen LogP contribution is 2.42. The summed E-state index contributed by atoms with van der Waals surface area (Å²) in [5.41, 5.74) is 8.43. The van der Waals surface area contributed by atoms with Crippen molar-refractivity contribution in [2.75, 3.05) is 7.05 Å². The summed E-state index contributed by atoms with van der Waals surface area (Å²) in [6, 6.07) is 20.0. The third-order valence-electron chi connectivity index (χ3n) is 7.47. The lowest BCUT2D eigenvalue weighted by Crippen LogP contribution is -2.27. The number of aromatic nitrogens is 2. The minimum atomic E-state index is -0.386. The number of amides is 1. The molecule has 0 spiro atoms. The number of benzene rings is 3. The van der Waals surface area contributed by atoms with Crippen LogP contribution in [-0.4, -0.2) is 23.1 Å². The molecular formula is C33H34N4O3. The molecule has 2 aromatic heterocycles. The molecule has 0 fully saturated rings. The van der Waals surface area contributed by atoms with Crippen LogP contribution in [0.2, 0.25) is 0 Å². The number of fused-ring (bicyclic) bond motifs is 1. The Kier molecular flexibility index (Phi) is 7.56. The van der Waals surface area contributed by atoms with Gasteiger partial charge in [0.1, 0.15) is 11.3 Å². The van der Waals surface area contributed by atoms with E-state index in [0.717, 1.165) is 51.1 Å². The molecule has 40 heavy (non-hydrogen) atoms. The lowest BCUT2D eigenvalue weighted by molar-refractivity contribution is 0.0938. The van der Waals surface area contributed by atoms with Gasteiger partial charge in [-0.1, -0.05) is 67.5 Å². The Morgan fingerprint density at radius 1 is 1.05 bits per heavy atom. The van der Waals surface area contributed by atoms with Crippen LogP contribution in [0, 0.1) is 6.92 Å². The minimum Gasteiger partial charge on any atom is -0.455 e. The fourth-order valence-corrected chi connectivity index (χ4v) is 4.91. The Bertz CT molecular complexity index is 1670. The molecule has 7 nitrogen and oxygen atoms in total. The van der Waals surface area contributed by atoms with Crippen LogP contribution in [0.4, 0.5) is 0 Å². The van der Waals surface area contributed by atoms with Crippen LogP contribution in [-0.2, 0) is 0 Å². The van der Waals surface area contributed by atoms with Crippen molar-refractivity contribution in [1.29, 1.82) is 0 Å². The molecule has 0 saturated heterocycles. The van der Waals surface area contributed by atoms with E-state index in [1.54, 1.807) is 0 Å². The van der Waals surface area contributed by atoms with Crippen molar-refractivity contribution in [3.63, 3.8) is 0 Å². The third-order valence-corrected chi connectivity index (χ3v) is 7.47. The van der Waals surface area contributed by atoms with Gasteiger partial charge >= 0.3 is 0 Å². The summed E-state index contributed by atoms with van der Waals surface area (Å²) in [6.07, 6.45) is 2.21. The van der Waals surface area contributed by atoms with Crippen molar-refractivity contribution in [3.05, 3.63) is 102 Å². The van der Waals surface area contributed by atoms with E-state index >= 15 is 0 Å². The monoisotopic (exact) mass is 534 g/mol. The highest BCUT2D eigenvalue weighted by Gasteiger charge is 2.23. The molecule has 204 valence electrons. The van der Waals surface area contributed by atoms with E-state index in [1.807, 2.05) is 38.2 Å². The second-order valence-corrected chi connectivity index (χ2v) is 10.2. The van der Waals surface area contributed by atoms with Gasteiger partial charge in [0, 0.05) is 29.3 Å². The Hall–Kier alpha value is -4.65. The summed E-state index contributed by atoms with van der Waals surface area (Å²) >= 11 is 0. The Labute approximate surface area is 234 Å². The number of nitrogens with zero attached hydrogens (tertiary/aromatic N) is 2. The van der Waals surface area contributed by atoms with Gasteiger partial charge in [-0.2, -0.15) is 4.98 Å². The minimum absolute atomic E-state index is 0.209. The average Bonchev–Trinajstić information content (AvgIpc) is 3.64. The number of nitrogens with one attached hydrogen (secondary N) is 2. The van der Waals surface area contributed by atoms with Crippen LogP contribution in [0.25, 0.3) is 39.1 Å². The van der Waals surface area contributed by atoms with E-state index in [9.17, 15) is 4.79 Å². The Balaban J connectivity index is 1.64. The van der Waals surface area contributed by atoms with Crippen LogP contribution in [0.15, 0.2) is 82.6 Å². The van der Waals surface area contributed by atoms with Crippen LogP contribution >= 0.6 is 0 Å². The van der Waals surface area contributed by atoms with Crippen LogP contribution in [0.3, 0.4) is 0 Å². The molecule has 0 bridgehead atoms. The van der Waals surface area contributed by atoms with Crippen LogP contribution in [0.5, 0.6) is 0 Å². The number of furan rings is 1. The standard InChI is InChI=1S/C33H34N4O3/c1-7-20(3)26-17-29-28(30(21(4)34-6)31(40-29)23-13-11-19(2)12-14-23)16-27(26)24-9-8-10-25(15-24)33(38)36-22(5)32-35-18-39-37-32/h8-18,20,22,34H,4,7H2,1-3,5-6H3,(H,36,38). The molecule has 3 aromatic carbocycles. The zero-order valence-corrected chi connectivity index (χ0v) is 23.5. The average molecular weight is 535 g/mol. The molecule has 5 rings (SSSR count). The second kappa shape index (κ2) is 11.2. The summed E-state index contributed by atoms with van der Waals surface area (Å²) in [4.78, 5) is 17.2. The molecule has 2 atom stereocenters. The molecule has 5 aromatic rings. The first kappa shape index (κ1) is 26.9. The zero-order chi connectivity index (χ0) is 28.4. The van der Waals surface area contributed by atoms with Gasteiger partial charge in [0.25, 0.3) is 5.91 Å². The zero-order valence-electron chi connectivity index (χ0n) is 23.5. The van der Waals surface area contributed by atoms with E-state index in [2.05, 4.69) is 84.5 Å². The van der Waals surface area contributed by atoms with Crippen molar-refractivity contribution in [2.24, 2.45) is 0 Å². The fraction of sp³-hybridized carbons (Fsp3) is 0.242. The molecule has 0 saturated carbocycles. The Morgan fingerprint density at radius 3 is 2.50 bits per heavy atom. The molecule has 2 N–H and O–H groups in total. The van der Waals surface area contributed by atoms with E-state index in [0.29, 0.717) is 11.4 Å². The number of carbonyl (C=O) groups excluding carboxylic acids is 1. The molecule has 0 aliphatic carbocycles. The largest absolute Gasteiger partial charge is 0.455 e. The predicted octanol–water partition coefficient (Wildman–Crippen LogP) is 7.65. The molecule has 0 aliphatic heterocycles. The van der Waals surface area contributed by atoms with Crippen LogP contribution < -0.4 is 10.6 Å². The first-order valence-electron chi connectivity index (χ1n) is 13.5. The van der Waals surface area contributed by atoms with Gasteiger partial charge in [-0.15, -0.1) is 0 Å². The van der Waals surface area contributed by atoms with Gasteiger partial charge < -0.3 is 19.6 Å². The highest BCUT2D eigenvalue weighted by molar-refractivity contribution is 6.01.